The fraction of sp³-hybridized carbons (Fsp3) is 0.522. The number of rotatable bonds is 6. The molecule has 3 fully saturated rings. The molecule has 33 heavy (non-hydrogen) atoms. The summed E-state index contributed by atoms with van der Waals surface area (Å²) in [6.45, 7) is 2.82. The van der Waals surface area contributed by atoms with Gasteiger partial charge in [-0.2, -0.15) is 4.31 Å². The molecule has 0 unspecified atom stereocenters. The van der Waals surface area contributed by atoms with Crippen molar-refractivity contribution in [2.75, 3.05) is 39.3 Å². The van der Waals surface area contributed by atoms with Crippen LogP contribution in [0.25, 0.3) is 0 Å². The predicted octanol–water partition coefficient (Wildman–Crippen LogP) is 0.725. The maximum absolute atomic E-state index is 13.0. The molecule has 1 aromatic carbocycles. The Labute approximate surface area is 193 Å². The number of sulfonamides is 1. The van der Waals surface area contributed by atoms with Gasteiger partial charge in [-0.3, -0.25) is 19.3 Å². The van der Waals surface area contributed by atoms with Gasteiger partial charge in [0.1, 0.15) is 12.3 Å². The van der Waals surface area contributed by atoms with E-state index in [-0.39, 0.29) is 79.0 Å². The summed E-state index contributed by atoms with van der Waals surface area (Å²) in [5.41, 5.74) is 0. The van der Waals surface area contributed by atoms with Gasteiger partial charge in [-0.25, -0.2) is 8.42 Å². The van der Waals surface area contributed by atoms with Gasteiger partial charge in [0.2, 0.25) is 27.7 Å². The number of imide groups is 1. The smallest absolute Gasteiger partial charge is 0.243 e. The van der Waals surface area contributed by atoms with Gasteiger partial charge in [-0.1, -0.05) is 12.2 Å². The molecular formula is C23H27N3O6S. The van der Waals surface area contributed by atoms with E-state index in [4.69, 9.17) is 4.74 Å². The summed E-state index contributed by atoms with van der Waals surface area (Å²) in [6, 6.07) is 6.28. The van der Waals surface area contributed by atoms with E-state index in [1.807, 2.05) is 19.1 Å². The molecule has 2 bridgehead atoms. The molecule has 0 N–H and O–H groups in total. The van der Waals surface area contributed by atoms with Crippen molar-refractivity contribution in [3.05, 3.63) is 36.4 Å². The van der Waals surface area contributed by atoms with Crippen molar-refractivity contribution in [2.24, 2.45) is 23.7 Å². The van der Waals surface area contributed by atoms with Gasteiger partial charge in [0.05, 0.1) is 23.3 Å². The van der Waals surface area contributed by atoms with Crippen molar-refractivity contribution in [3.8, 4) is 5.75 Å². The van der Waals surface area contributed by atoms with Crippen LogP contribution in [-0.2, 0) is 24.4 Å². The first-order valence-corrected chi connectivity index (χ1v) is 12.8. The lowest BCUT2D eigenvalue weighted by molar-refractivity contribution is -0.147. The Bertz CT molecular complexity index is 1080. The number of ether oxygens (including phenoxy) is 1. The van der Waals surface area contributed by atoms with E-state index in [1.165, 1.54) is 21.3 Å². The topological polar surface area (TPSA) is 104 Å². The molecule has 176 valence electrons. The summed E-state index contributed by atoms with van der Waals surface area (Å²) >= 11 is 0. The molecule has 3 amide bonds. The number of piperazine rings is 1. The highest BCUT2D eigenvalue weighted by atomic mass is 32.2. The number of nitrogens with zero attached hydrogens (tertiary/aromatic N) is 3. The minimum absolute atomic E-state index is 0.105. The second-order valence-electron chi connectivity index (χ2n) is 8.95. The predicted molar refractivity (Wildman–Crippen MR) is 117 cm³/mol. The van der Waals surface area contributed by atoms with Gasteiger partial charge in [0.15, 0.2) is 0 Å². The van der Waals surface area contributed by atoms with Gasteiger partial charge in [-0.15, -0.1) is 0 Å². The van der Waals surface area contributed by atoms with Crippen molar-refractivity contribution in [1.82, 2.24) is 14.1 Å². The standard InChI is InChI=1S/C23H27N3O6S/c1-2-32-17-5-7-18(8-6-17)33(30,31)25-11-9-24(10-12-25)19(27)14-26-22(28)20-15-3-4-16(13-15)21(20)23(26)29/h3-8,15-16,20-21H,2,9-14H2,1H3/t15-,16-,20-,21-/m0/s1. The Morgan fingerprint density at radius 1 is 0.970 bits per heavy atom. The zero-order valence-electron chi connectivity index (χ0n) is 18.4. The normalized spacial score (nSPS) is 29.1. The van der Waals surface area contributed by atoms with Crippen molar-refractivity contribution in [1.29, 1.82) is 0 Å². The molecular weight excluding hydrogens is 446 g/mol. The Balaban J connectivity index is 1.19. The van der Waals surface area contributed by atoms with Gasteiger partial charge < -0.3 is 9.64 Å². The first kappa shape index (κ1) is 22.1. The molecule has 0 spiro atoms. The fourth-order valence-corrected chi connectivity index (χ4v) is 6.98. The van der Waals surface area contributed by atoms with Crippen LogP contribution in [0.5, 0.6) is 5.75 Å². The van der Waals surface area contributed by atoms with E-state index < -0.39 is 10.0 Å². The zero-order valence-corrected chi connectivity index (χ0v) is 19.2. The average Bonchev–Trinajstić information content (AvgIpc) is 3.50. The largest absolute Gasteiger partial charge is 0.494 e. The molecule has 0 aromatic heterocycles. The molecule has 10 heteroatoms. The third-order valence-electron chi connectivity index (χ3n) is 7.22. The molecule has 2 aliphatic carbocycles. The second kappa shape index (κ2) is 8.25. The number of benzene rings is 1. The molecule has 4 aliphatic rings. The molecule has 1 saturated carbocycles. The lowest BCUT2D eigenvalue weighted by atomic mass is 9.85. The van der Waals surface area contributed by atoms with Gasteiger partial charge in [-0.05, 0) is 49.4 Å². The number of carbonyl (C=O) groups is 3. The third-order valence-corrected chi connectivity index (χ3v) is 9.13. The molecule has 2 heterocycles. The van der Waals surface area contributed by atoms with Crippen molar-refractivity contribution >= 4 is 27.7 Å². The zero-order chi connectivity index (χ0) is 23.3. The van der Waals surface area contributed by atoms with Crippen LogP contribution in [0.1, 0.15) is 13.3 Å². The summed E-state index contributed by atoms with van der Waals surface area (Å²) < 4.78 is 32.6. The van der Waals surface area contributed by atoms with Crippen molar-refractivity contribution in [3.63, 3.8) is 0 Å². The van der Waals surface area contributed by atoms with Crippen LogP contribution < -0.4 is 4.74 Å². The summed E-state index contributed by atoms with van der Waals surface area (Å²) in [6.07, 6.45) is 4.89. The maximum Gasteiger partial charge on any atom is 0.243 e. The lowest BCUT2D eigenvalue weighted by Gasteiger charge is -2.34. The van der Waals surface area contributed by atoms with Crippen LogP contribution in [0, 0.1) is 23.7 Å². The summed E-state index contributed by atoms with van der Waals surface area (Å²) in [4.78, 5) is 41.3. The monoisotopic (exact) mass is 473 g/mol. The first-order chi connectivity index (χ1) is 15.8. The maximum atomic E-state index is 13.0. The summed E-state index contributed by atoms with van der Waals surface area (Å²) in [5, 5.41) is 0. The third kappa shape index (κ3) is 3.65. The number of allylic oxidation sites excluding steroid dienone is 2. The first-order valence-electron chi connectivity index (χ1n) is 11.4. The van der Waals surface area contributed by atoms with Gasteiger partial charge in [0.25, 0.3) is 0 Å². The van der Waals surface area contributed by atoms with Gasteiger partial charge >= 0.3 is 0 Å². The highest BCUT2D eigenvalue weighted by Gasteiger charge is 2.59. The van der Waals surface area contributed by atoms with Crippen LogP contribution in [0.2, 0.25) is 0 Å². The Morgan fingerprint density at radius 2 is 1.55 bits per heavy atom. The minimum Gasteiger partial charge on any atom is -0.494 e. The van der Waals surface area contributed by atoms with E-state index in [9.17, 15) is 22.8 Å². The molecule has 5 rings (SSSR count). The van der Waals surface area contributed by atoms with E-state index >= 15 is 0 Å². The van der Waals surface area contributed by atoms with E-state index in [0.717, 1.165) is 11.3 Å². The van der Waals surface area contributed by atoms with Crippen LogP contribution in [-0.4, -0.2) is 79.6 Å². The molecule has 2 saturated heterocycles. The minimum atomic E-state index is -3.68. The van der Waals surface area contributed by atoms with Crippen LogP contribution in [0.4, 0.5) is 0 Å². The van der Waals surface area contributed by atoms with E-state index in [0.29, 0.717) is 12.4 Å². The molecule has 2 aliphatic heterocycles. The van der Waals surface area contributed by atoms with E-state index in [1.54, 1.807) is 12.1 Å². The van der Waals surface area contributed by atoms with Crippen molar-refractivity contribution < 1.29 is 27.5 Å². The molecule has 9 nitrogen and oxygen atoms in total. The molecule has 4 atom stereocenters. The number of carbonyl (C=O) groups excluding carboxylic acids is 3. The van der Waals surface area contributed by atoms with Crippen LogP contribution in [0.15, 0.2) is 41.3 Å². The quantitative estimate of drug-likeness (QED) is 0.446. The highest BCUT2D eigenvalue weighted by molar-refractivity contribution is 7.89. The van der Waals surface area contributed by atoms with Crippen LogP contribution >= 0.6 is 0 Å². The summed E-state index contributed by atoms with van der Waals surface area (Å²) in [7, 11) is -3.68. The van der Waals surface area contributed by atoms with Crippen molar-refractivity contribution in [2.45, 2.75) is 18.2 Å². The average molecular weight is 474 g/mol. The molecule has 0 radical (unpaired) electrons. The number of hydrogen-bond donors (Lipinski definition) is 0. The number of hydrogen-bond acceptors (Lipinski definition) is 6. The Hall–Kier alpha value is -2.72. The summed E-state index contributed by atoms with van der Waals surface area (Å²) in [5.74, 6) is -0.645. The SMILES string of the molecule is CCOc1ccc(S(=O)(=O)N2CCN(C(=O)CN3C(=O)[C@@H]4[C@@H](C3=O)[C@H]3C=C[C@H]4C3)CC2)cc1. The number of likely N-dealkylation sites (tertiary alicyclic amines) is 1. The molecule has 1 aromatic rings. The number of fused-ring (bicyclic) bond motifs is 5. The van der Waals surface area contributed by atoms with E-state index in [2.05, 4.69) is 0 Å². The highest BCUT2D eigenvalue weighted by Crippen LogP contribution is 2.52. The van der Waals surface area contributed by atoms with Crippen LogP contribution in [0.3, 0.4) is 0 Å². The lowest BCUT2D eigenvalue weighted by Crippen LogP contribution is -2.53. The van der Waals surface area contributed by atoms with Gasteiger partial charge in [0, 0.05) is 26.2 Å². The fourth-order valence-electron chi connectivity index (χ4n) is 5.56. The Kier molecular flexibility index (Phi) is 5.52. The number of amides is 3. The Morgan fingerprint density at radius 3 is 2.09 bits per heavy atom. The second-order valence-corrected chi connectivity index (χ2v) is 10.9.